The van der Waals surface area contributed by atoms with Gasteiger partial charge in [-0.25, -0.2) is 0 Å². The van der Waals surface area contributed by atoms with Gasteiger partial charge in [0.15, 0.2) is 0 Å². The Hall–Kier alpha value is -1.16. The van der Waals surface area contributed by atoms with E-state index < -0.39 is 0 Å². The molecule has 0 spiro atoms. The van der Waals surface area contributed by atoms with Crippen molar-refractivity contribution in [3.05, 3.63) is 58.3 Å². The lowest BCUT2D eigenvalue weighted by Gasteiger charge is -2.16. The third-order valence-electron chi connectivity index (χ3n) is 3.06. The van der Waals surface area contributed by atoms with E-state index in [0.717, 1.165) is 24.4 Å². The molecule has 0 fully saturated rings. The van der Waals surface area contributed by atoms with Crippen LogP contribution in [-0.4, -0.2) is 18.7 Å². The summed E-state index contributed by atoms with van der Waals surface area (Å²) in [6.07, 6.45) is 0.509. The molecule has 1 unspecified atom stereocenters. The van der Waals surface area contributed by atoms with E-state index in [4.69, 9.17) is 0 Å². The van der Waals surface area contributed by atoms with Gasteiger partial charge in [-0.3, -0.25) is 0 Å². The van der Waals surface area contributed by atoms with Crippen molar-refractivity contribution in [2.24, 2.45) is 0 Å². The van der Waals surface area contributed by atoms with Gasteiger partial charge in [-0.1, -0.05) is 36.4 Å². The number of hydrogen-bond acceptors (Lipinski definition) is 2. The number of rotatable bonds is 6. The van der Waals surface area contributed by atoms with Crippen LogP contribution in [0.25, 0.3) is 0 Å². The predicted octanol–water partition coefficient (Wildman–Crippen LogP) is 1.89. The second-order valence-corrected chi connectivity index (χ2v) is 5.67. The fourth-order valence-electron chi connectivity index (χ4n) is 2.04. The van der Waals surface area contributed by atoms with Crippen molar-refractivity contribution < 1.29 is 10.0 Å². The SMILES string of the molecule is C[NH+](CC[C@H](O)c1cccs1)Cc1ccccc1. The Labute approximate surface area is 113 Å². The Bertz CT molecular complexity index is 441. The molecule has 0 saturated heterocycles. The van der Waals surface area contributed by atoms with E-state index in [9.17, 15) is 5.11 Å². The molecule has 1 aromatic carbocycles. The largest absolute Gasteiger partial charge is 0.387 e. The standard InChI is InChI=1S/C15H19NOS/c1-16(12-13-6-3-2-4-7-13)10-9-14(17)15-8-5-11-18-15/h2-8,11,14,17H,9-10,12H2,1H3/p+1/t14-/m0/s1. The van der Waals surface area contributed by atoms with Gasteiger partial charge in [0, 0.05) is 16.9 Å². The van der Waals surface area contributed by atoms with Crippen LogP contribution < -0.4 is 4.90 Å². The van der Waals surface area contributed by atoms with E-state index in [0.29, 0.717) is 0 Å². The highest BCUT2D eigenvalue weighted by Crippen LogP contribution is 2.20. The Morgan fingerprint density at radius 2 is 1.94 bits per heavy atom. The van der Waals surface area contributed by atoms with Crippen LogP contribution >= 0.6 is 11.3 Å². The number of aliphatic hydroxyl groups is 1. The van der Waals surface area contributed by atoms with Crippen molar-refractivity contribution in [1.82, 2.24) is 0 Å². The monoisotopic (exact) mass is 262 g/mol. The van der Waals surface area contributed by atoms with Crippen molar-refractivity contribution in [3.8, 4) is 0 Å². The highest BCUT2D eigenvalue weighted by atomic mass is 32.1. The maximum atomic E-state index is 10.0. The van der Waals surface area contributed by atoms with E-state index in [-0.39, 0.29) is 6.10 Å². The average Bonchev–Trinajstić information content (AvgIpc) is 2.91. The lowest BCUT2D eigenvalue weighted by molar-refractivity contribution is -0.894. The van der Waals surface area contributed by atoms with E-state index in [2.05, 4.69) is 31.3 Å². The van der Waals surface area contributed by atoms with Crippen molar-refractivity contribution in [2.75, 3.05) is 13.6 Å². The number of benzene rings is 1. The van der Waals surface area contributed by atoms with Gasteiger partial charge in [-0.2, -0.15) is 0 Å². The number of nitrogens with one attached hydrogen (secondary N) is 1. The maximum Gasteiger partial charge on any atom is 0.103 e. The molecule has 0 radical (unpaired) electrons. The normalized spacial score (nSPS) is 14.3. The molecule has 2 nitrogen and oxygen atoms in total. The third kappa shape index (κ3) is 3.95. The van der Waals surface area contributed by atoms with Crippen molar-refractivity contribution in [3.63, 3.8) is 0 Å². The fourth-order valence-corrected chi connectivity index (χ4v) is 2.79. The van der Waals surface area contributed by atoms with E-state index in [1.165, 1.54) is 10.5 Å². The topological polar surface area (TPSA) is 24.7 Å². The first-order valence-corrected chi connectivity index (χ1v) is 7.20. The first kappa shape index (κ1) is 13.3. The molecule has 2 atom stereocenters. The molecule has 2 rings (SSSR count). The van der Waals surface area contributed by atoms with Crippen LogP contribution in [0, 0.1) is 0 Å². The van der Waals surface area contributed by atoms with Crippen LogP contribution in [0.3, 0.4) is 0 Å². The Kier molecular flexibility index (Phi) is 4.93. The Morgan fingerprint density at radius 1 is 1.17 bits per heavy atom. The van der Waals surface area contributed by atoms with Gasteiger partial charge in [-0.05, 0) is 11.4 Å². The minimum atomic E-state index is -0.310. The predicted molar refractivity (Wildman–Crippen MR) is 75.8 cm³/mol. The van der Waals surface area contributed by atoms with Gasteiger partial charge in [0.05, 0.1) is 19.7 Å². The second-order valence-electron chi connectivity index (χ2n) is 4.69. The van der Waals surface area contributed by atoms with Crippen LogP contribution in [-0.2, 0) is 6.54 Å². The highest BCUT2D eigenvalue weighted by Gasteiger charge is 2.11. The minimum Gasteiger partial charge on any atom is -0.387 e. The molecule has 1 aromatic heterocycles. The molecule has 0 saturated carbocycles. The molecule has 2 aromatic rings. The molecule has 0 aliphatic rings. The van der Waals surface area contributed by atoms with Gasteiger partial charge >= 0.3 is 0 Å². The number of aliphatic hydroxyl groups excluding tert-OH is 1. The van der Waals surface area contributed by atoms with Gasteiger partial charge in [0.25, 0.3) is 0 Å². The molecule has 0 bridgehead atoms. The van der Waals surface area contributed by atoms with Crippen LogP contribution in [0.4, 0.5) is 0 Å². The average molecular weight is 262 g/mol. The minimum absolute atomic E-state index is 0.310. The summed E-state index contributed by atoms with van der Waals surface area (Å²) in [5.41, 5.74) is 1.35. The molecule has 0 aliphatic heterocycles. The molecular formula is C15H20NOS+. The molecular weight excluding hydrogens is 242 g/mol. The number of thiophene rings is 1. The second kappa shape index (κ2) is 6.69. The van der Waals surface area contributed by atoms with Crippen LogP contribution in [0.2, 0.25) is 0 Å². The van der Waals surface area contributed by atoms with Crippen molar-refractivity contribution >= 4 is 11.3 Å². The molecule has 1 heterocycles. The van der Waals surface area contributed by atoms with Crippen molar-refractivity contribution in [1.29, 1.82) is 0 Å². The third-order valence-corrected chi connectivity index (χ3v) is 4.04. The smallest absolute Gasteiger partial charge is 0.103 e. The van der Waals surface area contributed by atoms with Crippen LogP contribution in [0.1, 0.15) is 23.0 Å². The molecule has 3 heteroatoms. The Balaban J connectivity index is 1.77. The first-order chi connectivity index (χ1) is 8.75. The molecule has 0 aliphatic carbocycles. The highest BCUT2D eigenvalue weighted by molar-refractivity contribution is 7.10. The lowest BCUT2D eigenvalue weighted by atomic mass is 10.2. The quantitative estimate of drug-likeness (QED) is 0.816. The summed E-state index contributed by atoms with van der Waals surface area (Å²) in [6, 6.07) is 14.5. The summed E-state index contributed by atoms with van der Waals surface area (Å²) in [4.78, 5) is 2.50. The van der Waals surface area contributed by atoms with E-state index in [1.807, 2.05) is 23.6 Å². The molecule has 2 N–H and O–H groups in total. The van der Waals surface area contributed by atoms with Gasteiger partial charge < -0.3 is 10.0 Å². The fraction of sp³-hybridized carbons (Fsp3) is 0.333. The van der Waals surface area contributed by atoms with Gasteiger partial charge in [0.2, 0.25) is 0 Å². The summed E-state index contributed by atoms with van der Waals surface area (Å²) in [6.45, 7) is 1.99. The number of hydrogen-bond donors (Lipinski definition) is 2. The first-order valence-electron chi connectivity index (χ1n) is 6.32. The lowest BCUT2D eigenvalue weighted by Crippen LogP contribution is -3.07. The van der Waals surface area contributed by atoms with Crippen LogP contribution in [0.5, 0.6) is 0 Å². The summed E-state index contributed by atoms with van der Waals surface area (Å²) >= 11 is 1.63. The van der Waals surface area contributed by atoms with Crippen molar-refractivity contribution in [2.45, 2.75) is 19.1 Å². The summed E-state index contributed by atoms with van der Waals surface area (Å²) < 4.78 is 0. The molecule has 0 amide bonds. The number of quaternary nitrogens is 1. The zero-order valence-electron chi connectivity index (χ0n) is 10.7. The summed E-state index contributed by atoms with van der Waals surface area (Å²) in [5, 5.41) is 12.0. The van der Waals surface area contributed by atoms with Gasteiger partial charge in [0.1, 0.15) is 6.54 Å². The van der Waals surface area contributed by atoms with Crippen LogP contribution in [0.15, 0.2) is 47.8 Å². The summed E-state index contributed by atoms with van der Waals surface area (Å²) in [5.74, 6) is 0. The van der Waals surface area contributed by atoms with Gasteiger partial charge in [-0.15, -0.1) is 11.3 Å². The maximum absolute atomic E-state index is 10.0. The molecule has 96 valence electrons. The Morgan fingerprint density at radius 3 is 2.61 bits per heavy atom. The summed E-state index contributed by atoms with van der Waals surface area (Å²) in [7, 11) is 2.17. The zero-order valence-corrected chi connectivity index (χ0v) is 11.5. The molecule has 18 heavy (non-hydrogen) atoms. The van der Waals surface area contributed by atoms with E-state index in [1.54, 1.807) is 11.3 Å². The zero-order chi connectivity index (χ0) is 12.8. The van der Waals surface area contributed by atoms with E-state index >= 15 is 0 Å².